The zero-order chi connectivity index (χ0) is 15.8. The maximum absolute atomic E-state index is 12.5. The van der Waals surface area contributed by atoms with Crippen molar-refractivity contribution in [3.8, 4) is 0 Å². The van der Waals surface area contributed by atoms with Crippen LogP contribution in [0.3, 0.4) is 0 Å². The van der Waals surface area contributed by atoms with E-state index in [1.165, 1.54) is 13.8 Å². The van der Waals surface area contributed by atoms with Gasteiger partial charge in [0.05, 0.1) is 17.9 Å². The molecule has 1 saturated heterocycles. The summed E-state index contributed by atoms with van der Waals surface area (Å²) in [5, 5.41) is 32.7. The number of esters is 1. The number of aliphatic hydroxyl groups excluding tert-OH is 1. The number of cyclic esters (lactones) is 1. The maximum Gasteiger partial charge on any atom is 0.306 e. The SMILES string of the molecule is C[C@@H]1C[C@H](O)[C@@]2(O)[C@]13CC(=O)OC[C@@]2(C)[C@@](C)(O)C(=O)C3. The van der Waals surface area contributed by atoms with E-state index in [-0.39, 0.29) is 25.4 Å². The molecule has 0 aromatic rings. The van der Waals surface area contributed by atoms with Gasteiger partial charge in [-0.25, -0.2) is 0 Å². The molecule has 0 aromatic carbocycles. The summed E-state index contributed by atoms with van der Waals surface area (Å²) in [6.07, 6.45) is -1.05. The predicted octanol–water partition coefficient (Wildman–Crippen LogP) is -0.218. The first-order valence-electron chi connectivity index (χ1n) is 7.35. The average Bonchev–Trinajstić information content (AvgIpc) is 2.52. The number of hydrogen-bond acceptors (Lipinski definition) is 6. The molecule has 3 fully saturated rings. The third-order valence-corrected chi connectivity index (χ3v) is 6.68. The summed E-state index contributed by atoms with van der Waals surface area (Å²) < 4.78 is 5.17. The molecule has 0 aromatic heterocycles. The Morgan fingerprint density at radius 3 is 2.43 bits per heavy atom. The Kier molecular flexibility index (Phi) is 2.74. The minimum absolute atomic E-state index is 0.112. The summed E-state index contributed by atoms with van der Waals surface area (Å²) >= 11 is 0. The van der Waals surface area contributed by atoms with Crippen LogP contribution in [0.15, 0.2) is 0 Å². The first kappa shape index (κ1) is 14.9. The second-order valence-electron chi connectivity index (χ2n) is 7.42. The van der Waals surface area contributed by atoms with Gasteiger partial charge in [-0.1, -0.05) is 13.8 Å². The number of carbonyl (C=O) groups is 2. The molecule has 3 rings (SSSR count). The fourth-order valence-electron chi connectivity index (χ4n) is 4.96. The molecule has 2 saturated carbocycles. The fourth-order valence-corrected chi connectivity index (χ4v) is 4.96. The van der Waals surface area contributed by atoms with Crippen molar-refractivity contribution in [1.29, 1.82) is 0 Å². The number of aliphatic hydroxyl groups is 3. The van der Waals surface area contributed by atoms with Gasteiger partial charge in [0.15, 0.2) is 5.78 Å². The van der Waals surface area contributed by atoms with E-state index in [1.54, 1.807) is 0 Å². The van der Waals surface area contributed by atoms with E-state index in [0.29, 0.717) is 6.42 Å². The monoisotopic (exact) mass is 298 g/mol. The predicted molar refractivity (Wildman–Crippen MR) is 71.1 cm³/mol. The van der Waals surface area contributed by atoms with Crippen LogP contribution >= 0.6 is 0 Å². The molecule has 118 valence electrons. The minimum Gasteiger partial charge on any atom is -0.465 e. The largest absolute Gasteiger partial charge is 0.465 e. The second-order valence-corrected chi connectivity index (χ2v) is 7.42. The van der Waals surface area contributed by atoms with Crippen molar-refractivity contribution in [3.63, 3.8) is 0 Å². The minimum atomic E-state index is -1.86. The van der Waals surface area contributed by atoms with Crippen molar-refractivity contribution >= 4 is 11.8 Å². The van der Waals surface area contributed by atoms with Crippen LogP contribution in [0, 0.1) is 16.7 Å². The lowest BCUT2D eigenvalue weighted by Crippen LogP contribution is -2.75. The van der Waals surface area contributed by atoms with Crippen molar-refractivity contribution in [1.82, 2.24) is 0 Å². The molecule has 6 atom stereocenters. The smallest absolute Gasteiger partial charge is 0.306 e. The maximum atomic E-state index is 12.5. The highest BCUT2D eigenvalue weighted by Crippen LogP contribution is 2.68. The summed E-state index contributed by atoms with van der Waals surface area (Å²) in [7, 11) is 0. The molecular formula is C15H22O6. The summed E-state index contributed by atoms with van der Waals surface area (Å²) in [6, 6.07) is 0. The van der Waals surface area contributed by atoms with Gasteiger partial charge in [0.25, 0.3) is 0 Å². The Bertz CT molecular complexity index is 528. The average molecular weight is 298 g/mol. The summed E-state index contributed by atoms with van der Waals surface area (Å²) in [6.45, 7) is 4.41. The molecule has 0 amide bonds. The van der Waals surface area contributed by atoms with E-state index in [0.717, 1.165) is 0 Å². The highest BCUT2D eigenvalue weighted by molar-refractivity contribution is 5.91. The molecule has 2 aliphatic carbocycles. The summed E-state index contributed by atoms with van der Waals surface area (Å²) in [5.41, 5.74) is -6.11. The van der Waals surface area contributed by atoms with Gasteiger partial charge >= 0.3 is 5.97 Å². The number of ether oxygens (including phenoxy) is 1. The molecule has 6 nitrogen and oxygen atoms in total. The molecular weight excluding hydrogens is 276 g/mol. The van der Waals surface area contributed by atoms with Crippen molar-refractivity contribution in [2.75, 3.05) is 6.61 Å². The van der Waals surface area contributed by atoms with Gasteiger partial charge in [0.1, 0.15) is 17.8 Å². The Hall–Kier alpha value is -0.980. The van der Waals surface area contributed by atoms with E-state index >= 15 is 0 Å². The van der Waals surface area contributed by atoms with E-state index in [9.17, 15) is 24.9 Å². The first-order chi connectivity index (χ1) is 9.53. The Labute approximate surface area is 123 Å². The standard InChI is InChI=1S/C15H22O6/c1-8-4-9(16)15(20)12(2)7-21-11(18)6-14(8,15)5-10(17)13(12,3)19/h8-9,16,19-20H,4-7H2,1-3H3/t8-,9+,12+,13+,14-,15+/m1/s1. The molecule has 21 heavy (non-hydrogen) atoms. The van der Waals surface area contributed by atoms with Gasteiger partial charge in [-0.05, 0) is 19.3 Å². The van der Waals surface area contributed by atoms with Crippen molar-refractivity contribution in [2.24, 2.45) is 16.7 Å². The van der Waals surface area contributed by atoms with Gasteiger partial charge in [-0.3, -0.25) is 9.59 Å². The van der Waals surface area contributed by atoms with Crippen LogP contribution in [0.2, 0.25) is 0 Å². The molecule has 6 heteroatoms. The van der Waals surface area contributed by atoms with E-state index < -0.39 is 39.9 Å². The number of ketones is 1. The Morgan fingerprint density at radius 1 is 1.19 bits per heavy atom. The van der Waals surface area contributed by atoms with Crippen LogP contribution in [0.25, 0.3) is 0 Å². The van der Waals surface area contributed by atoms with Crippen LogP contribution in [0.4, 0.5) is 0 Å². The molecule has 0 spiro atoms. The lowest BCUT2D eigenvalue weighted by molar-refractivity contribution is -0.272. The number of carbonyl (C=O) groups excluding carboxylic acids is 2. The molecule has 1 heterocycles. The number of rotatable bonds is 0. The van der Waals surface area contributed by atoms with Crippen LogP contribution < -0.4 is 0 Å². The van der Waals surface area contributed by atoms with Gasteiger partial charge < -0.3 is 20.1 Å². The number of hydrogen-bond donors (Lipinski definition) is 3. The lowest BCUT2D eigenvalue weighted by atomic mass is 9.46. The second kappa shape index (κ2) is 3.86. The van der Waals surface area contributed by atoms with E-state index in [2.05, 4.69) is 0 Å². The van der Waals surface area contributed by atoms with Crippen LogP contribution in [0.5, 0.6) is 0 Å². The number of Topliss-reactive ketones (excluding diaryl/α,β-unsaturated/α-hetero) is 1. The Morgan fingerprint density at radius 2 is 1.81 bits per heavy atom. The Balaban J connectivity index is 2.32. The molecule has 1 aliphatic heterocycles. The topological polar surface area (TPSA) is 104 Å². The third kappa shape index (κ3) is 1.34. The molecule has 2 bridgehead atoms. The van der Waals surface area contributed by atoms with E-state index in [4.69, 9.17) is 4.74 Å². The van der Waals surface area contributed by atoms with Crippen molar-refractivity contribution < 1.29 is 29.6 Å². The zero-order valence-electron chi connectivity index (χ0n) is 12.5. The first-order valence-corrected chi connectivity index (χ1v) is 7.35. The highest BCUT2D eigenvalue weighted by atomic mass is 16.5. The van der Waals surface area contributed by atoms with Crippen LogP contribution in [-0.4, -0.2) is 51.0 Å². The zero-order valence-corrected chi connectivity index (χ0v) is 12.5. The van der Waals surface area contributed by atoms with Crippen molar-refractivity contribution in [2.45, 2.75) is 57.3 Å². The summed E-state index contributed by atoms with van der Waals surface area (Å²) in [4.78, 5) is 24.5. The quantitative estimate of drug-likeness (QED) is 0.534. The molecule has 0 radical (unpaired) electrons. The summed E-state index contributed by atoms with van der Waals surface area (Å²) in [5.74, 6) is -1.12. The van der Waals surface area contributed by atoms with Gasteiger partial charge in [-0.15, -0.1) is 0 Å². The van der Waals surface area contributed by atoms with Crippen LogP contribution in [0.1, 0.15) is 40.0 Å². The van der Waals surface area contributed by atoms with Gasteiger partial charge in [-0.2, -0.15) is 0 Å². The van der Waals surface area contributed by atoms with Crippen LogP contribution in [-0.2, 0) is 14.3 Å². The van der Waals surface area contributed by atoms with Gasteiger partial charge in [0, 0.05) is 11.8 Å². The normalized spacial score (nSPS) is 56.7. The third-order valence-electron chi connectivity index (χ3n) is 6.68. The van der Waals surface area contributed by atoms with Gasteiger partial charge in [0.2, 0.25) is 0 Å². The lowest BCUT2D eigenvalue weighted by Gasteiger charge is -2.60. The van der Waals surface area contributed by atoms with Crippen molar-refractivity contribution in [3.05, 3.63) is 0 Å². The molecule has 0 unspecified atom stereocenters. The van der Waals surface area contributed by atoms with E-state index in [1.807, 2.05) is 6.92 Å². The highest BCUT2D eigenvalue weighted by Gasteiger charge is 2.80. The molecule has 3 aliphatic rings. The fraction of sp³-hybridized carbons (Fsp3) is 0.867. The molecule has 3 N–H and O–H groups in total.